The van der Waals surface area contributed by atoms with E-state index < -0.39 is 0 Å². The van der Waals surface area contributed by atoms with Crippen molar-refractivity contribution in [2.24, 2.45) is 0 Å². The predicted octanol–water partition coefficient (Wildman–Crippen LogP) is 4.09. The Morgan fingerprint density at radius 2 is 1.92 bits per heavy atom. The number of thiazole rings is 1. The van der Waals surface area contributed by atoms with Crippen LogP contribution in [-0.4, -0.2) is 23.0 Å². The number of carbonyl (C=O) groups is 2. The average Bonchev–Trinajstić information content (AvgIpc) is 3.04. The van der Waals surface area contributed by atoms with Gasteiger partial charge in [0.1, 0.15) is 0 Å². The van der Waals surface area contributed by atoms with E-state index in [1.807, 2.05) is 31.2 Å². The smallest absolute Gasteiger partial charge is 0.321 e. The SMILES string of the molecule is Cc1ccccc1NC(=O)Cc1csc(NC(=O)NC2CCCCC2)n1. The number of urea groups is 1. The molecule has 2 aromatic rings. The molecule has 1 heterocycles. The maximum Gasteiger partial charge on any atom is 0.321 e. The van der Waals surface area contributed by atoms with E-state index >= 15 is 0 Å². The summed E-state index contributed by atoms with van der Waals surface area (Å²) in [5.74, 6) is -0.122. The zero-order chi connectivity index (χ0) is 18.4. The molecule has 0 atom stereocenters. The number of hydrogen-bond acceptors (Lipinski definition) is 4. The standard InChI is InChI=1S/C19H24N4O2S/c1-13-7-5-6-10-16(13)22-17(24)11-15-12-26-19(21-15)23-18(25)20-14-8-3-2-4-9-14/h5-7,10,12,14H,2-4,8-9,11H2,1H3,(H,22,24)(H2,20,21,23,25). The molecule has 7 heteroatoms. The third-order valence-corrected chi connectivity index (χ3v) is 5.28. The summed E-state index contributed by atoms with van der Waals surface area (Å²) in [6.07, 6.45) is 5.84. The number of aryl methyl sites for hydroxylation is 1. The van der Waals surface area contributed by atoms with E-state index in [9.17, 15) is 9.59 Å². The maximum absolute atomic E-state index is 12.2. The van der Waals surface area contributed by atoms with Crippen LogP contribution in [0.25, 0.3) is 0 Å². The Morgan fingerprint density at radius 1 is 1.15 bits per heavy atom. The monoisotopic (exact) mass is 372 g/mol. The number of rotatable bonds is 5. The molecule has 0 saturated heterocycles. The summed E-state index contributed by atoms with van der Waals surface area (Å²) >= 11 is 1.33. The van der Waals surface area contributed by atoms with E-state index in [1.54, 1.807) is 5.38 Å². The number of nitrogens with one attached hydrogen (secondary N) is 3. The maximum atomic E-state index is 12.2. The van der Waals surface area contributed by atoms with Gasteiger partial charge in [0.15, 0.2) is 5.13 Å². The van der Waals surface area contributed by atoms with Crippen molar-refractivity contribution in [3.8, 4) is 0 Å². The molecule has 0 spiro atoms. The number of hydrogen-bond donors (Lipinski definition) is 3. The van der Waals surface area contributed by atoms with E-state index in [4.69, 9.17) is 0 Å². The Morgan fingerprint density at radius 3 is 2.69 bits per heavy atom. The zero-order valence-corrected chi connectivity index (χ0v) is 15.7. The van der Waals surface area contributed by atoms with Gasteiger partial charge in [0.2, 0.25) is 5.91 Å². The summed E-state index contributed by atoms with van der Waals surface area (Å²) < 4.78 is 0. The molecule has 0 unspecified atom stereocenters. The second kappa shape index (κ2) is 8.80. The third-order valence-electron chi connectivity index (χ3n) is 4.47. The van der Waals surface area contributed by atoms with Gasteiger partial charge in [0.25, 0.3) is 0 Å². The lowest BCUT2D eigenvalue weighted by Gasteiger charge is -2.22. The van der Waals surface area contributed by atoms with E-state index in [-0.39, 0.29) is 24.4 Å². The van der Waals surface area contributed by atoms with E-state index in [2.05, 4.69) is 20.9 Å². The van der Waals surface area contributed by atoms with Crippen LogP contribution in [0.4, 0.5) is 15.6 Å². The fourth-order valence-corrected chi connectivity index (χ4v) is 3.79. The highest BCUT2D eigenvalue weighted by Gasteiger charge is 2.16. The quantitative estimate of drug-likeness (QED) is 0.739. The first-order valence-electron chi connectivity index (χ1n) is 8.97. The van der Waals surface area contributed by atoms with Crippen molar-refractivity contribution >= 4 is 34.1 Å². The van der Waals surface area contributed by atoms with Gasteiger partial charge in [0.05, 0.1) is 12.1 Å². The molecule has 1 aliphatic rings. The summed E-state index contributed by atoms with van der Waals surface area (Å²) in [5, 5.41) is 11.0. The second-order valence-corrected chi connectivity index (χ2v) is 7.48. The minimum absolute atomic E-state index is 0.122. The van der Waals surface area contributed by atoms with Crippen molar-refractivity contribution in [1.29, 1.82) is 0 Å². The molecule has 1 fully saturated rings. The number of anilines is 2. The van der Waals surface area contributed by atoms with E-state index in [0.717, 1.165) is 24.1 Å². The van der Waals surface area contributed by atoms with Gasteiger partial charge in [-0.05, 0) is 31.4 Å². The zero-order valence-electron chi connectivity index (χ0n) is 14.9. The summed E-state index contributed by atoms with van der Waals surface area (Å²) in [4.78, 5) is 28.6. The summed E-state index contributed by atoms with van der Waals surface area (Å²) in [7, 11) is 0. The number of para-hydroxylation sites is 1. The van der Waals surface area contributed by atoms with Crippen LogP contribution in [0.2, 0.25) is 0 Å². The van der Waals surface area contributed by atoms with Gasteiger partial charge in [0, 0.05) is 17.1 Å². The van der Waals surface area contributed by atoms with Gasteiger partial charge in [-0.25, -0.2) is 9.78 Å². The van der Waals surface area contributed by atoms with Crippen LogP contribution >= 0.6 is 11.3 Å². The van der Waals surface area contributed by atoms with Gasteiger partial charge in [-0.1, -0.05) is 37.5 Å². The topological polar surface area (TPSA) is 83.1 Å². The Hall–Kier alpha value is -2.41. The Bertz CT molecular complexity index is 768. The average molecular weight is 372 g/mol. The lowest BCUT2D eigenvalue weighted by Crippen LogP contribution is -2.39. The molecule has 0 radical (unpaired) electrons. The fourth-order valence-electron chi connectivity index (χ4n) is 3.08. The molecule has 26 heavy (non-hydrogen) atoms. The molecule has 138 valence electrons. The first-order chi connectivity index (χ1) is 12.6. The van der Waals surface area contributed by atoms with Crippen LogP contribution in [0.3, 0.4) is 0 Å². The van der Waals surface area contributed by atoms with Gasteiger partial charge in [-0.3, -0.25) is 10.1 Å². The van der Waals surface area contributed by atoms with Gasteiger partial charge in [-0.2, -0.15) is 0 Å². The second-order valence-electron chi connectivity index (χ2n) is 6.62. The molecule has 3 N–H and O–H groups in total. The Labute approximate surface area is 157 Å². The lowest BCUT2D eigenvalue weighted by atomic mass is 9.96. The first kappa shape index (κ1) is 18.4. The first-order valence-corrected chi connectivity index (χ1v) is 9.85. The van der Waals surface area contributed by atoms with Crippen LogP contribution in [0.1, 0.15) is 43.4 Å². The summed E-state index contributed by atoms with van der Waals surface area (Å²) in [5.41, 5.74) is 2.47. The summed E-state index contributed by atoms with van der Waals surface area (Å²) in [6, 6.07) is 7.67. The predicted molar refractivity (Wildman–Crippen MR) is 105 cm³/mol. The molecule has 1 aliphatic carbocycles. The van der Waals surface area contributed by atoms with Gasteiger partial charge in [-0.15, -0.1) is 11.3 Å². The highest BCUT2D eigenvalue weighted by molar-refractivity contribution is 7.13. The summed E-state index contributed by atoms with van der Waals surface area (Å²) in [6.45, 7) is 1.95. The van der Waals surface area contributed by atoms with Crippen molar-refractivity contribution in [3.05, 3.63) is 40.9 Å². The Kier molecular flexibility index (Phi) is 6.22. The molecule has 3 rings (SSSR count). The van der Waals surface area contributed by atoms with Gasteiger partial charge < -0.3 is 10.6 Å². The van der Waals surface area contributed by atoms with Crippen molar-refractivity contribution in [2.45, 2.75) is 51.5 Å². The number of aromatic nitrogens is 1. The minimum atomic E-state index is -0.220. The molecule has 1 saturated carbocycles. The van der Waals surface area contributed by atoms with Crippen molar-refractivity contribution in [3.63, 3.8) is 0 Å². The van der Waals surface area contributed by atoms with Crippen LogP contribution in [0.5, 0.6) is 0 Å². The molecular formula is C19H24N4O2S. The van der Waals surface area contributed by atoms with Crippen LogP contribution in [-0.2, 0) is 11.2 Å². The Balaban J connectivity index is 1.48. The number of amides is 3. The molecular weight excluding hydrogens is 348 g/mol. The fraction of sp³-hybridized carbons (Fsp3) is 0.421. The van der Waals surface area contributed by atoms with Crippen molar-refractivity contribution < 1.29 is 9.59 Å². The largest absolute Gasteiger partial charge is 0.335 e. The van der Waals surface area contributed by atoms with Crippen molar-refractivity contribution in [1.82, 2.24) is 10.3 Å². The van der Waals surface area contributed by atoms with E-state index in [1.165, 1.54) is 30.6 Å². The van der Waals surface area contributed by atoms with Crippen LogP contribution < -0.4 is 16.0 Å². The van der Waals surface area contributed by atoms with E-state index in [0.29, 0.717) is 10.8 Å². The highest BCUT2D eigenvalue weighted by atomic mass is 32.1. The van der Waals surface area contributed by atoms with Crippen molar-refractivity contribution in [2.75, 3.05) is 10.6 Å². The minimum Gasteiger partial charge on any atom is -0.335 e. The highest BCUT2D eigenvalue weighted by Crippen LogP contribution is 2.19. The van der Waals surface area contributed by atoms with Crippen LogP contribution in [0, 0.1) is 6.92 Å². The molecule has 3 amide bonds. The molecule has 0 aliphatic heterocycles. The molecule has 6 nitrogen and oxygen atoms in total. The molecule has 0 bridgehead atoms. The van der Waals surface area contributed by atoms with Gasteiger partial charge >= 0.3 is 6.03 Å². The molecule has 1 aromatic carbocycles. The number of carbonyl (C=O) groups excluding carboxylic acids is 2. The number of benzene rings is 1. The number of nitrogens with zero attached hydrogens (tertiary/aromatic N) is 1. The third kappa shape index (κ3) is 5.29. The van der Waals surface area contributed by atoms with Crippen LogP contribution in [0.15, 0.2) is 29.6 Å². The normalized spacial score (nSPS) is 14.7. The lowest BCUT2D eigenvalue weighted by molar-refractivity contribution is -0.115. The molecule has 1 aromatic heterocycles.